The number of carbonyl (C=O) groups excluding carboxylic acids is 1. The van der Waals surface area contributed by atoms with Gasteiger partial charge in [0.25, 0.3) is 0 Å². The fourth-order valence-corrected chi connectivity index (χ4v) is 5.02. The number of ether oxygens (including phenoxy) is 1. The number of nitrogens with zero attached hydrogens (tertiary/aromatic N) is 3. The van der Waals surface area contributed by atoms with Gasteiger partial charge in [-0.3, -0.25) is 4.79 Å². The number of hydrogen-bond acceptors (Lipinski definition) is 7. The van der Waals surface area contributed by atoms with Crippen molar-refractivity contribution in [1.82, 2.24) is 15.0 Å². The molecule has 1 aliphatic rings. The van der Waals surface area contributed by atoms with Crippen molar-refractivity contribution in [2.45, 2.75) is 36.9 Å². The van der Waals surface area contributed by atoms with Crippen molar-refractivity contribution in [3.05, 3.63) is 108 Å². The molecule has 1 unspecified atom stereocenters. The summed E-state index contributed by atoms with van der Waals surface area (Å²) in [6.45, 7) is -0.538. The van der Waals surface area contributed by atoms with Crippen LogP contribution >= 0.6 is 0 Å². The summed E-state index contributed by atoms with van der Waals surface area (Å²) in [6.07, 6.45) is -3.13. The van der Waals surface area contributed by atoms with Gasteiger partial charge in [0.1, 0.15) is 35.9 Å². The molecular formula is C29H28FN3O5. The van der Waals surface area contributed by atoms with E-state index in [1.807, 2.05) is 36.4 Å². The van der Waals surface area contributed by atoms with Crippen molar-refractivity contribution in [3.8, 4) is 11.3 Å². The first-order valence-electron chi connectivity index (χ1n) is 12.4. The summed E-state index contributed by atoms with van der Waals surface area (Å²) >= 11 is 0. The molecule has 5 rings (SSSR count). The first-order valence-corrected chi connectivity index (χ1v) is 12.4. The monoisotopic (exact) mass is 517 g/mol. The number of Topliss-reactive ketones (excluding diaryl/α,β-unsaturated/α-hetero) is 1. The van der Waals surface area contributed by atoms with Gasteiger partial charge in [-0.1, -0.05) is 78.0 Å². The van der Waals surface area contributed by atoms with Crippen molar-refractivity contribution in [2.75, 3.05) is 6.61 Å². The van der Waals surface area contributed by atoms with Crippen molar-refractivity contribution < 1.29 is 29.2 Å². The SMILES string of the molecule is O=C(c1ccccc1)C(Cc1ccccc1)[C@@H]1O[C@H](CO)[C@H](O)[C@H](n2cc(-c3cccc(F)c3)nn2)[C@H]1O. The molecule has 1 fully saturated rings. The Hall–Kier alpha value is -3.76. The van der Waals surface area contributed by atoms with Gasteiger partial charge in [-0.15, -0.1) is 5.10 Å². The van der Waals surface area contributed by atoms with E-state index in [1.54, 1.807) is 36.4 Å². The maximum Gasteiger partial charge on any atom is 0.168 e. The highest BCUT2D eigenvalue weighted by atomic mass is 19.1. The quantitative estimate of drug-likeness (QED) is 0.308. The van der Waals surface area contributed by atoms with Crippen LogP contribution in [-0.4, -0.2) is 67.1 Å². The number of halogens is 1. The van der Waals surface area contributed by atoms with Gasteiger partial charge in [0.05, 0.1) is 24.8 Å². The molecule has 0 aliphatic carbocycles. The molecule has 1 saturated heterocycles. The Balaban J connectivity index is 1.51. The Labute approximate surface area is 218 Å². The minimum absolute atomic E-state index is 0.232. The summed E-state index contributed by atoms with van der Waals surface area (Å²) in [5.41, 5.74) is 2.15. The van der Waals surface area contributed by atoms with Crippen LogP contribution in [0.5, 0.6) is 0 Å². The topological polar surface area (TPSA) is 118 Å². The lowest BCUT2D eigenvalue weighted by molar-refractivity contribution is -0.214. The van der Waals surface area contributed by atoms with E-state index in [-0.39, 0.29) is 12.2 Å². The Bertz CT molecular complexity index is 1370. The highest BCUT2D eigenvalue weighted by molar-refractivity contribution is 5.98. The largest absolute Gasteiger partial charge is 0.394 e. The van der Waals surface area contributed by atoms with Gasteiger partial charge in [0.15, 0.2) is 5.78 Å². The molecule has 0 bridgehead atoms. The highest BCUT2D eigenvalue weighted by Crippen LogP contribution is 2.36. The number of rotatable bonds is 8. The summed E-state index contributed by atoms with van der Waals surface area (Å²) in [7, 11) is 0. The van der Waals surface area contributed by atoms with Crippen LogP contribution < -0.4 is 0 Å². The average Bonchev–Trinajstić information content (AvgIpc) is 3.43. The van der Waals surface area contributed by atoms with Crippen LogP contribution in [0.2, 0.25) is 0 Å². The minimum atomic E-state index is -1.38. The first-order chi connectivity index (χ1) is 18.5. The predicted molar refractivity (Wildman–Crippen MR) is 137 cm³/mol. The van der Waals surface area contributed by atoms with E-state index in [1.165, 1.54) is 23.0 Å². The average molecular weight is 518 g/mol. The van der Waals surface area contributed by atoms with Crippen molar-refractivity contribution >= 4 is 5.78 Å². The van der Waals surface area contributed by atoms with Crippen LogP contribution in [0.3, 0.4) is 0 Å². The van der Waals surface area contributed by atoms with Crippen LogP contribution in [-0.2, 0) is 11.2 Å². The molecule has 1 aromatic heterocycles. The van der Waals surface area contributed by atoms with Crippen LogP contribution in [0, 0.1) is 11.7 Å². The molecule has 4 aromatic rings. The fraction of sp³-hybridized carbons (Fsp3) is 0.276. The number of aliphatic hydroxyl groups is 3. The molecule has 6 atom stereocenters. The summed E-state index contributed by atoms with van der Waals surface area (Å²) in [4.78, 5) is 13.7. The number of aromatic nitrogens is 3. The Morgan fingerprint density at radius 2 is 1.68 bits per heavy atom. The van der Waals surface area contributed by atoms with Gasteiger partial charge in [0.2, 0.25) is 0 Å². The van der Waals surface area contributed by atoms with E-state index in [4.69, 9.17) is 4.74 Å². The number of aliphatic hydroxyl groups excluding tert-OH is 3. The van der Waals surface area contributed by atoms with Gasteiger partial charge in [-0.2, -0.15) is 0 Å². The minimum Gasteiger partial charge on any atom is -0.394 e. The van der Waals surface area contributed by atoms with Crippen LogP contribution in [0.4, 0.5) is 4.39 Å². The van der Waals surface area contributed by atoms with E-state index in [2.05, 4.69) is 10.3 Å². The summed E-state index contributed by atoms with van der Waals surface area (Å²) in [6, 6.07) is 22.9. The number of benzene rings is 3. The zero-order valence-corrected chi connectivity index (χ0v) is 20.4. The summed E-state index contributed by atoms with van der Waals surface area (Å²) < 4.78 is 21.1. The normalized spacial score (nSPS) is 24.2. The molecule has 0 saturated carbocycles. The molecule has 1 aliphatic heterocycles. The van der Waals surface area contributed by atoms with Crippen molar-refractivity contribution in [1.29, 1.82) is 0 Å². The third kappa shape index (κ3) is 5.27. The van der Waals surface area contributed by atoms with Crippen LogP contribution in [0.25, 0.3) is 11.3 Å². The van der Waals surface area contributed by atoms with Gasteiger partial charge >= 0.3 is 0 Å². The Kier molecular flexibility index (Phi) is 7.71. The zero-order valence-electron chi connectivity index (χ0n) is 20.4. The van der Waals surface area contributed by atoms with E-state index in [0.29, 0.717) is 16.8 Å². The van der Waals surface area contributed by atoms with Crippen LogP contribution in [0.15, 0.2) is 91.1 Å². The Morgan fingerprint density at radius 1 is 0.974 bits per heavy atom. The lowest BCUT2D eigenvalue weighted by atomic mass is 9.80. The molecule has 9 heteroatoms. The van der Waals surface area contributed by atoms with Crippen LogP contribution in [0.1, 0.15) is 22.0 Å². The zero-order chi connectivity index (χ0) is 26.6. The molecule has 0 amide bonds. The summed E-state index contributed by atoms with van der Waals surface area (Å²) in [5, 5.41) is 40.8. The highest BCUT2D eigenvalue weighted by Gasteiger charge is 2.50. The maximum absolute atomic E-state index is 13.8. The standard InChI is InChI=1S/C29H28FN3O5/c30-21-13-7-12-20(15-21)23-16-33(32-31-23)25-27(36)24(17-34)38-29(28(25)37)22(14-18-8-3-1-4-9-18)26(35)19-10-5-2-6-11-19/h1-13,15-16,22,24-25,27-29,34,36-37H,14,17H2/t22?,24-,25+,27+,28-,29+/m1/s1. The third-order valence-corrected chi connectivity index (χ3v) is 6.96. The van der Waals surface area contributed by atoms with E-state index >= 15 is 0 Å². The second-order valence-corrected chi connectivity index (χ2v) is 9.41. The van der Waals surface area contributed by atoms with Gasteiger partial charge in [0, 0.05) is 11.1 Å². The molecule has 8 nitrogen and oxygen atoms in total. The maximum atomic E-state index is 13.8. The lowest BCUT2D eigenvalue weighted by Gasteiger charge is -2.44. The predicted octanol–water partition coefficient (Wildman–Crippen LogP) is 2.85. The Morgan fingerprint density at radius 3 is 2.37 bits per heavy atom. The number of carbonyl (C=O) groups is 1. The molecule has 2 heterocycles. The molecule has 0 radical (unpaired) electrons. The lowest BCUT2D eigenvalue weighted by Crippen LogP contribution is -2.59. The van der Waals surface area contributed by atoms with Crippen molar-refractivity contribution in [3.63, 3.8) is 0 Å². The van der Waals surface area contributed by atoms with E-state index in [0.717, 1.165) is 5.56 Å². The van der Waals surface area contributed by atoms with Gasteiger partial charge in [-0.25, -0.2) is 9.07 Å². The fourth-order valence-electron chi connectivity index (χ4n) is 5.02. The van der Waals surface area contributed by atoms with E-state index in [9.17, 15) is 24.5 Å². The molecule has 3 aromatic carbocycles. The second kappa shape index (κ2) is 11.3. The second-order valence-electron chi connectivity index (χ2n) is 9.41. The number of hydrogen-bond donors (Lipinski definition) is 3. The van der Waals surface area contributed by atoms with Crippen molar-refractivity contribution in [2.24, 2.45) is 5.92 Å². The first kappa shape index (κ1) is 25.9. The molecule has 3 N–H and O–H groups in total. The molecular weight excluding hydrogens is 489 g/mol. The van der Waals surface area contributed by atoms with E-state index < -0.39 is 48.8 Å². The molecule has 0 spiro atoms. The molecule has 38 heavy (non-hydrogen) atoms. The molecule has 196 valence electrons. The number of ketones is 1. The smallest absolute Gasteiger partial charge is 0.168 e. The summed E-state index contributed by atoms with van der Waals surface area (Å²) in [5.74, 6) is -1.50. The van der Waals surface area contributed by atoms with Gasteiger partial charge < -0.3 is 20.1 Å². The third-order valence-electron chi connectivity index (χ3n) is 6.96. The van der Waals surface area contributed by atoms with Gasteiger partial charge in [-0.05, 0) is 24.1 Å².